The molecule has 5 rings (SSSR count). The van der Waals surface area contributed by atoms with E-state index in [1.54, 1.807) is 36.4 Å². The van der Waals surface area contributed by atoms with E-state index in [1.807, 2.05) is 24.3 Å². The highest BCUT2D eigenvalue weighted by Crippen LogP contribution is 2.41. The van der Waals surface area contributed by atoms with Gasteiger partial charge in [-0.05, 0) is 61.1 Å². The summed E-state index contributed by atoms with van der Waals surface area (Å²) in [7, 11) is 0. The van der Waals surface area contributed by atoms with E-state index in [0.29, 0.717) is 34.5 Å². The van der Waals surface area contributed by atoms with Crippen LogP contribution in [-0.2, 0) is 17.5 Å². The summed E-state index contributed by atoms with van der Waals surface area (Å²) in [6.07, 6.45) is -3.36. The van der Waals surface area contributed by atoms with Gasteiger partial charge in [0.05, 0.1) is 18.5 Å². The van der Waals surface area contributed by atoms with Gasteiger partial charge >= 0.3 is 12.1 Å². The number of alkyl halides is 5. The van der Waals surface area contributed by atoms with Gasteiger partial charge in [-0.15, -0.1) is 0 Å². The molecule has 220 valence electrons. The van der Waals surface area contributed by atoms with Crippen molar-refractivity contribution < 1.29 is 36.2 Å². The quantitative estimate of drug-likeness (QED) is 0.155. The predicted molar refractivity (Wildman–Crippen MR) is 145 cm³/mol. The largest absolute Gasteiger partial charge is 0.488 e. The summed E-state index contributed by atoms with van der Waals surface area (Å²) in [5, 5.41) is 3.80. The van der Waals surface area contributed by atoms with Gasteiger partial charge in [-0.2, -0.15) is 18.3 Å². The van der Waals surface area contributed by atoms with Crippen LogP contribution in [0.1, 0.15) is 65.7 Å². The maximum absolute atomic E-state index is 14.0. The molecule has 2 aromatic carbocycles. The number of hydrogen-bond acceptors (Lipinski definition) is 5. The summed E-state index contributed by atoms with van der Waals surface area (Å²) in [6, 6.07) is 19.2. The van der Waals surface area contributed by atoms with Gasteiger partial charge in [0.2, 0.25) is 5.92 Å². The van der Waals surface area contributed by atoms with Crippen molar-refractivity contribution in [3.05, 3.63) is 95.3 Å². The Morgan fingerprint density at radius 1 is 1.00 bits per heavy atom. The molecule has 0 radical (unpaired) electrons. The summed E-state index contributed by atoms with van der Waals surface area (Å²) >= 11 is 0. The third kappa shape index (κ3) is 6.45. The Kier molecular flexibility index (Phi) is 8.29. The highest BCUT2D eigenvalue weighted by Gasteiger charge is 2.41. The molecule has 4 aromatic rings. The second-order valence-electron chi connectivity index (χ2n) is 10.1. The average molecular weight is 586 g/mol. The fourth-order valence-electron chi connectivity index (χ4n) is 5.07. The lowest BCUT2D eigenvalue weighted by molar-refractivity contribution is -0.143. The van der Waals surface area contributed by atoms with Gasteiger partial charge in [0.15, 0.2) is 11.5 Å². The van der Waals surface area contributed by atoms with Crippen molar-refractivity contribution in [2.24, 2.45) is 0 Å². The van der Waals surface area contributed by atoms with E-state index in [9.17, 15) is 26.7 Å². The lowest BCUT2D eigenvalue weighted by Crippen LogP contribution is -2.23. The molecule has 1 fully saturated rings. The number of carbonyl (C=O) groups is 1. The number of aromatic nitrogens is 3. The molecule has 1 aliphatic rings. The topological polar surface area (TPSA) is 66.2 Å². The number of ether oxygens (including phenoxy) is 2. The summed E-state index contributed by atoms with van der Waals surface area (Å²) in [5.74, 6) is -3.26. The molecule has 0 amide bonds. The van der Waals surface area contributed by atoms with Gasteiger partial charge in [0, 0.05) is 18.4 Å². The molecule has 2 aromatic heterocycles. The van der Waals surface area contributed by atoms with E-state index in [1.165, 1.54) is 13.0 Å². The molecule has 6 nitrogen and oxygen atoms in total. The number of para-hydroxylation sites is 1. The number of esters is 1. The molecular weight excluding hydrogens is 557 g/mol. The zero-order valence-electron chi connectivity index (χ0n) is 22.7. The minimum absolute atomic E-state index is 0.0853. The van der Waals surface area contributed by atoms with Crippen LogP contribution in [0.25, 0.3) is 17.1 Å². The van der Waals surface area contributed by atoms with E-state index in [-0.39, 0.29) is 37.8 Å². The minimum atomic E-state index is -4.89. The first-order chi connectivity index (χ1) is 20.1. The molecular formula is C31H28F5N3O3. The molecule has 0 N–H and O–H groups in total. The zero-order chi connectivity index (χ0) is 29.9. The van der Waals surface area contributed by atoms with Gasteiger partial charge in [0.1, 0.15) is 17.9 Å². The second-order valence-corrected chi connectivity index (χ2v) is 10.1. The van der Waals surface area contributed by atoms with Crippen LogP contribution < -0.4 is 4.74 Å². The molecule has 2 heterocycles. The molecule has 0 saturated heterocycles. The molecule has 0 spiro atoms. The Hall–Kier alpha value is -4.28. The van der Waals surface area contributed by atoms with Crippen molar-refractivity contribution in [2.75, 3.05) is 6.61 Å². The predicted octanol–water partition coefficient (Wildman–Crippen LogP) is 8.00. The second kappa shape index (κ2) is 11.9. The lowest BCUT2D eigenvalue weighted by atomic mass is 9.82. The van der Waals surface area contributed by atoms with Gasteiger partial charge in [-0.3, -0.25) is 0 Å². The van der Waals surface area contributed by atoms with Crippen LogP contribution in [0.3, 0.4) is 0 Å². The summed E-state index contributed by atoms with van der Waals surface area (Å²) < 4.78 is 80.4. The van der Waals surface area contributed by atoms with Crippen LogP contribution in [0, 0.1) is 0 Å². The first-order valence-corrected chi connectivity index (χ1v) is 13.5. The highest BCUT2D eigenvalue weighted by atomic mass is 19.4. The smallest absolute Gasteiger partial charge is 0.434 e. The van der Waals surface area contributed by atoms with Crippen LogP contribution in [-0.4, -0.2) is 33.3 Å². The van der Waals surface area contributed by atoms with E-state index in [0.717, 1.165) is 17.3 Å². The van der Waals surface area contributed by atoms with Crippen LogP contribution in [0.15, 0.2) is 72.9 Å². The van der Waals surface area contributed by atoms with Crippen molar-refractivity contribution >= 4 is 5.97 Å². The maximum atomic E-state index is 14.0. The number of halogens is 5. The standard InChI is InChI=1S/C31H28F5N3O3/c1-2-41-29(40)24-18-37-39(28(24)31(34,35)36)27-9-5-7-25(38-27)23-6-3-4-8-26(23)42-19-20-10-12-21(13-11-20)22-14-16-30(32,33)17-15-22/h3-13,18,22H,2,14-17,19H2,1H3. The SMILES string of the molecule is CCOC(=O)c1cnn(-c2cccc(-c3ccccc3OCc3ccc(C4CCC(F)(F)CC4)cc3)n2)c1C(F)(F)F. The number of nitrogens with zero attached hydrogens (tertiary/aromatic N) is 3. The fourth-order valence-corrected chi connectivity index (χ4v) is 5.07. The van der Waals surface area contributed by atoms with E-state index >= 15 is 0 Å². The Labute approximate surface area is 239 Å². The zero-order valence-corrected chi connectivity index (χ0v) is 22.7. The third-order valence-electron chi connectivity index (χ3n) is 7.21. The fraction of sp³-hybridized carbons (Fsp3) is 0.323. The van der Waals surface area contributed by atoms with Gasteiger partial charge in [0.25, 0.3) is 0 Å². The van der Waals surface area contributed by atoms with Crippen molar-refractivity contribution in [1.29, 1.82) is 0 Å². The minimum Gasteiger partial charge on any atom is -0.488 e. The van der Waals surface area contributed by atoms with E-state index < -0.39 is 29.3 Å². The van der Waals surface area contributed by atoms with Crippen molar-refractivity contribution in [2.45, 2.75) is 57.2 Å². The number of rotatable bonds is 8. The van der Waals surface area contributed by atoms with Crippen molar-refractivity contribution in [3.8, 4) is 22.8 Å². The number of hydrogen-bond donors (Lipinski definition) is 0. The highest BCUT2D eigenvalue weighted by molar-refractivity contribution is 5.90. The Morgan fingerprint density at radius 2 is 1.71 bits per heavy atom. The van der Waals surface area contributed by atoms with Crippen molar-refractivity contribution in [1.82, 2.24) is 14.8 Å². The Balaban J connectivity index is 1.36. The molecule has 1 aliphatic carbocycles. The van der Waals surface area contributed by atoms with Crippen LogP contribution in [0.4, 0.5) is 22.0 Å². The van der Waals surface area contributed by atoms with Gasteiger partial charge in [-0.1, -0.05) is 42.5 Å². The number of pyridine rings is 1. The van der Waals surface area contributed by atoms with E-state index in [4.69, 9.17) is 9.47 Å². The molecule has 0 unspecified atom stereocenters. The van der Waals surface area contributed by atoms with Gasteiger partial charge < -0.3 is 9.47 Å². The average Bonchev–Trinajstić information content (AvgIpc) is 3.44. The van der Waals surface area contributed by atoms with E-state index in [2.05, 4.69) is 10.1 Å². The third-order valence-corrected chi connectivity index (χ3v) is 7.21. The summed E-state index contributed by atoms with van der Waals surface area (Å²) in [6.45, 7) is 1.62. The van der Waals surface area contributed by atoms with Gasteiger partial charge in [-0.25, -0.2) is 23.2 Å². The first kappa shape index (κ1) is 29.2. The van der Waals surface area contributed by atoms with Crippen molar-refractivity contribution in [3.63, 3.8) is 0 Å². The molecule has 0 bridgehead atoms. The Morgan fingerprint density at radius 3 is 2.40 bits per heavy atom. The van der Waals surface area contributed by atoms with Crippen LogP contribution >= 0.6 is 0 Å². The maximum Gasteiger partial charge on any atom is 0.434 e. The molecule has 0 aliphatic heterocycles. The molecule has 42 heavy (non-hydrogen) atoms. The molecule has 1 saturated carbocycles. The van der Waals surface area contributed by atoms with Crippen LogP contribution in [0.5, 0.6) is 5.75 Å². The summed E-state index contributed by atoms with van der Waals surface area (Å²) in [4.78, 5) is 16.6. The number of benzene rings is 2. The molecule has 0 atom stereocenters. The summed E-state index contributed by atoms with van der Waals surface area (Å²) in [5.41, 5.74) is 0.806. The molecule has 11 heteroatoms. The Bertz CT molecular complexity index is 1540. The normalized spacial score (nSPS) is 15.4. The first-order valence-electron chi connectivity index (χ1n) is 13.5. The number of carbonyl (C=O) groups excluding carboxylic acids is 1. The monoisotopic (exact) mass is 585 g/mol. The van der Waals surface area contributed by atoms with Crippen LogP contribution in [0.2, 0.25) is 0 Å². The lowest BCUT2D eigenvalue weighted by Gasteiger charge is -2.28.